The first-order chi connectivity index (χ1) is 10.6. The lowest BCUT2D eigenvalue weighted by Gasteiger charge is -2.32. The minimum absolute atomic E-state index is 0.0108. The largest absolute Gasteiger partial charge is 0.447 e. The second-order valence-electron chi connectivity index (χ2n) is 6.04. The van der Waals surface area contributed by atoms with Crippen molar-refractivity contribution in [2.75, 3.05) is 18.1 Å². The second-order valence-corrected chi connectivity index (χ2v) is 6.04. The van der Waals surface area contributed by atoms with Crippen LogP contribution >= 0.6 is 0 Å². The van der Waals surface area contributed by atoms with Crippen molar-refractivity contribution >= 4 is 17.8 Å². The Morgan fingerprint density at radius 3 is 2.91 bits per heavy atom. The molecule has 1 fully saturated rings. The van der Waals surface area contributed by atoms with E-state index >= 15 is 0 Å². The summed E-state index contributed by atoms with van der Waals surface area (Å²) in [6.45, 7) is 5.37. The molecule has 0 radical (unpaired) electrons. The number of anilines is 1. The number of carbonyl (C=O) groups excluding carboxylic acids is 2. The molecule has 1 unspecified atom stereocenters. The molecule has 1 saturated heterocycles. The van der Waals surface area contributed by atoms with Gasteiger partial charge in [-0.15, -0.1) is 0 Å². The molecule has 1 aromatic rings. The van der Waals surface area contributed by atoms with E-state index < -0.39 is 0 Å². The fourth-order valence-electron chi connectivity index (χ4n) is 2.95. The van der Waals surface area contributed by atoms with Crippen molar-refractivity contribution in [1.29, 1.82) is 0 Å². The Morgan fingerprint density at radius 2 is 2.14 bits per heavy atom. The number of hydrogen-bond acceptors (Lipinski definition) is 3. The average Bonchev–Trinajstić information content (AvgIpc) is 2.80. The number of para-hydroxylation sites is 1. The number of benzene rings is 1. The summed E-state index contributed by atoms with van der Waals surface area (Å²) in [5.74, 6) is 0. The summed E-state index contributed by atoms with van der Waals surface area (Å²) in [5, 5.41) is 2.94. The normalized spacial score (nSPS) is 20.9. The van der Waals surface area contributed by atoms with Crippen LogP contribution in [0.3, 0.4) is 0 Å². The molecule has 2 aliphatic heterocycles. The molecule has 0 bridgehead atoms. The van der Waals surface area contributed by atoms with E-state index in [0.717, 1.165) is 11.3 Å². The van der Waals surface area contributed by atoms with Crippen LogP contribution in [0.25, 0.3) is 0 Å². The van der Waals surface area contributed by atoms with Gasteiger partial charge in [0, 0.05) is 19.1 Å². The molecule has 0 aliphatic carbocycles. The van der Waals surface area contributed by atoms with Gasteiger partial charge in [0.25, 0.3) is 0 Å². The Bertz CT molecular complexity index is 588. The number of ether oxygens (including phenoxy) is 1. The molecule has 0 aromatic heterocycles. The number of carbonyl (C=O) groups is 2. The number of nitrogens with zero attached hydrogens (tertiary/aromatic N) is 2. The highest BCUT2D eigenvalue weighted by molar-refractivity contribution is 5.91. The van der Waals surface area contributed by atoms with Crippen molar-refractivity contribution < 1.29 is 14.3 Å². The molecule has 1 atom stereocenters. The van der Waals surface area contributed by atoms with E-state index in [-0.39, 0.29) is 24.2 Å². The van der Waals surface area contributed by atoms with Crippen LogP contribution in [0.1, 0.15) is 25.8 Å². The molecule has 1 N–H and O–H groups in total. The second kappa shape index (κ2) is 5.87. The zero-order chi connectivity index (χ0) is 15.7. The third-order valence-corrected chi connectivity index (χ3v) is 4.01. The third kappa shape index (κ3) is 2.73. The monoisotopic (exact) mass is 303 g/mol. The average molecular weight is 303 g/mol. The van der Waals surface area contributed by atoms with E-state index in [1.54, 1.807) is 9.80 Å². The molecule has 0 saturated carbocycles. The molecule has 6 nitrogen and oxygen atoms in total. The van der Waals surface area contributed by atoms with Gasteiger partial charge in [0.05, 0.1) is 11.7 Å². The number of cyclic esters (lactones) is 1. The van der Waals surface area contributed by atoms with Crippen molar-refractivity contribution in [2.24, 2.45) is 0 Å². The van der Waals surface area contributed by atoms with E-state index in [0.29, 0.717) is 26.1 Å². The van der Waals surface area contributed by atoms with Crippen LogP contribution in [0, 0.1) is 0 Å². The number of nitrogens with one attached hydrogen (secondary N) is 1. The number of hydrogen-bond donors (Lipinski definition) is 1. The summed E-state index contributed by atoms with van der Waals surface area (Å²) >= 11 is 0. The molecular weight excluding hydrogens is 282 g/mol. The molecule has 3 amide bonds. The van der Waals surface area contributed by atoms with E-state index in [1.165, 1.54) is 0 Å². The standard InChI is InChI=1S/C16H21N3O3/c1-11(2)17-15(20)18-8-7-13-10-22-16(21)19(13)14-6-4-3-5-12(14)9-18/h3-6,11,13H,7-10H2,1-2H3,(H,17,20). The van der Waals surface area contributed by atoms with Gasteiger partial charge < -0.3 is 15.0 Å². The molecule has 22 heavy (non-hydrogen) atoms. The maximum atomic E-state index is 12.3. The zero-order valence-corrected chi connectivity index (χ0v) is 12.9. The third-order valence-electron chi connectivity index (χ3n) is 4.01. The van der Waals surface area contributed by atoms with Crippen LogP contribution in [0.2, 0.25) is 0 Å². The van der Waals surface area contributed by atoms with E-state index in [2.05, 4.69) is 5.32 Å². The number of urea groups is 1. The lowest BCUT2D eigenvalue weighted by Crippen LogP contribution is -2.46. The van der Waals surface area contributed by atoms with Gasteiger partial charge in [0.15, 0.2) is 0 Å². The fraction of sp³-hybridized carbons (Fsp3) is 0.500. The molecule has 2 aliphatic rings. The predicted octanol–water partition coefficient (Wildman–Crippen LogP) is 2.34. The topological polar surface area (TPSA) is 61.9 Å². The highest BCUT2D eigenvalue weighted by atomic mass is 16.6. The molecular formula is C16H21N3O3. The van der Waals surface area contributed by atoms with E-state index in [9.17, 15) is 9.59 Å². The molecule has 118 valence electrons. The molecule has 1 aromatic carbocycles. The van der Waals surface area contributed by atoms with Crippen molar-refractivity contribution in [3.63, 3.8) is 0 Å². The van der Waals surface area contributed by atoms with Gasteiger partial charge in [0.2, 0.25) is 0 Å². The van der Waals surface area contributed by atoms with Gasteiger partial charge in [-0.3, -0.25) is 4.90 Å². The first-order valence-corrected chi connectivity index (χ1v) is 7.65. The van der Waals surface area contributed by atoms with Gasteiger partial charge in [-0.25, -0.2) is 9.59 Å². The zero-order valence-electron chi connectivity index (χ0n) is 12.9. The van der Waals surface area contributed by atoms with Gasteiger partial charge in [0.1, 0.15) is 6.61 Å². The molecule has 6 heteroatoms. The van der Waals surface area contributed by atoms with Crippen molar-refractivity contribution in [2.45, 2.75) is 38.9 Å². The summed E-state index contributed by atoms with van der Waals surface area (Å²) in [7, 11) is 0. The van der Waals surface area contributed by atoms with Crippen LogP contribution in [0.15, 0.2) is 24.3 Å². The summed E-state index contributed by atoms with van der Waals surface area (Å²) in [5.41, 5.74) is 1.81. The fourth-order valence-corrected chi connectivity index (χ4v) is 2.95. The quantitative estimate of drug-likeness (QED) is 0.866. The molecule has 3 rings (SSSR count). The van der Waals surface area contributed by atoms with Crippen LogP contribution in [0.4, 0.5) is 15.3 Å². The Kier molecular flexibility index (Phi) is 3.92. The Morgan fingerprint density at radius 1 is 1.36 bits per heavy atom. The number of rotatable bonds is 1. The van der Waals surface area contributed by atoms with E-state index in [1.807, 2.05) is 38.1 Å². The lowest BCUT2D eigenvalue weighted by atomic mass is 10.1. The minimum atomic E-state index is -0.294. The Labute approximate surface area is 130 Å². The maximum Gasteiger partial charge on any atom is 0.414 e. The Hall–Kier alpha value is -2.24. The highest BCUT2D eigenvalue weighted by Gasteiger charge is 2.37. The first kappa shape index (κ1) is 14.7. The van der Waals surface area contributed by atoms with Crippen LogP contribution in [-0.4, -0.2) is 42.3 Å². The maximum absolute atomic E-state index is 12.3. The first-order valence-electron chi connectivity index (χ1n) is 7.65. The van der Waals surface area contributed by atoms with Crippen molar-refractivity contribution in [3.8, 4) is 0 Å². The van der Waals surface area contributed by atoms with Gasteiger partial charge >= 0.3 is 12.1 Å². The van der Waals surface area contributed by atoms with Crippen molar-refractivity contribution in [1.82, 2.24) is 10.2 Å². The SMILES string of the molecule is CC(C)NC(=O)N1CCC2COC(=O)N2c2ccccc2C1. The summed E-state index contributed by atoms with van der Waals surface area (Å²) in [4.78, 5) is 27.9. The van der Waals surface area contributed by atoms with Crippen LogP contribution in [0.5, 0.6) is 0 Å². The summed E-state index contributed by atoms with van der Waals surface area (Å²) in [6.07, 6.45) is 0.420. The highest BCUT2D eigenvalue weighted by Crippen LogP contribution is 2.31. The minimum Gasteiger partial charge on any atom is -0.447 e. The molecule has 0 spiro atoms. The van der Waals surface area contributed by atoms with Gasteiger partial charge in [-0.2, -0.15) is 0 Å². The van der Waals surface area contributed by atoms with Crippen LogP contribution in [-0.2, 0) is 11.3 Å². The van der Waals surface area contributed by atoms with Crippen molar-refractivity contribution in [3.05, 3.63) is 29.8 Å². The molecule has 2 heterocycles. The number of fused-ring (bicyclic) bond motifs is 3. The smallest absolute Gasteiger partial charge is 0.414 e. The summed E-state index contributed by atoms with van der Waals surface area (Å²) in [6, 6.07) is 7.72. The van der Waals surface area contributed by atoms with Gasteiger partial charge in [-0.1, -0.05) is 18.2 Å². The van der Waals surface area contributed by atoms with E-state index in [4.69, 9.17) is 4.74 Å². The predicted molar refractivity (Wildman–Crippen MR) is 82.8 cm³/mol. The Balaban J connectivity index is 1.91. The summed E-state index contributed by atoms with van der Waals surface area (Å²) < 4.78 is 5.20. The van der Waals surface area contributed by atoms with Crippen LogP contribution < -0.4 is 10.2 Å². The lowest BCUT2D eigenvalue weighted by molar-refractivity contribution is 0.176. The number of amides is 3. The van der Waals surface area contributed by atoms with Gasteiger partial charge in [-0.05, 0) is 31.9 Å².